The van der Waals surface area contributed by atoms with Crippen molar-refractivity contribution in [1.29, 1.82) is 0 Å². The van der Waals surface area contributed by atoms with Crippen molar-refractivity contribution in [2.45, 2.75) is 19.4 Å². The summed E-state index contributed by atoms with van der Waals surface area (Å²) in [6.45, 7) is 2.05. The molecule has 3 rings (SSSR count). The van der Waals surface area contributed by atoms with Crippen LogP contribution in [0.3, 0.4) is 0 Å². The van der Waals surface area contributed by atoms with Gasteiger partial charge in [0, 0.05) is 18.7 Å². The van der Waals surface area contributed by atoms with Gasteiger partial charge in [-0.15, -0.1) is 0 Å². The summed E-state index contributed by atoms with van der Waals surface area (Å²) < 4.78 is 5.24. The Morgan fingerprint density at radius 2 is 2.37 bits per heavy atom. The number of H-pyrrole nitrogens is 1. The number of rotatable bonds is 1. The van der Waals surface area contributed by atoms with Crippen LogP contribution in [0.1, 0.15) is 17.7 Å². The monoisotopic (exact) mass is 264 g/mol. The van der Waals surface area contributed by atoms with E-state index in [1.165, 1.54) is 0 Å². The van der Waals surface area contributed by atoms with Gasteiger partial charge in [0.25, 0.3) is 5.56 Å². The van der Waals surface area contributed by atoms with Gasteiger partial charge in [0.1, 0.15) is 0 Å². The Morgan fingerprint density at radius 1 is 1.53 bits per heavy atom. The predicted octanol–water partition coefficient (Wildman–Crippen LogP) is -0.727. The van der Waals surface area contributed by atoms with Gasteiger partial charge >= 0.3 is 0 Å². The van der Waals surface area contributed by atoms with E-state index >= 15 is 0 Å². The lowest BCUT2D eigenvalue weighted by Crippen LogP contribution is -2.42. The van der Waals surface area contributed by atoms with Gasteiger partial charge in [0.15, 0.2) is 0 Å². The van der Waals surface area contributed by atoms with Crippen LogP contribution in [0, 0.1) is 5.92 Å². The molecule has 0 unspecified atom stereocenters. The zero-order valence-corrected chi connectivity index (χ0v) is 10.5. The fourth-order valence-corrected chi connectivity index (χ4v) is 2.63. The summed E-state index contributed by atoms with van der Waals surface area (Å²) in [5.41, 5.74) is 6.59. The van der Waals surface area contributed by atoms with Crippen molar-refractivity contribution in [2.24, 2.45) is 5.92 Å². The maximum Gasteiger partial charge on any atom is 0.255 e. The molecule has 0 spiro atoms. The van der Waals surface area contributed by atoms with Crippen LogP contribution in [-0.4, -0.2) is 40.5 Å². The molecule has 0 bridgehead atoms. The van der Waals surface area contributed by atoms with E-state index in [9.17, 15) is 9.59 Å². The van der Waals surface area contributed by atoms with Gasteiger partial charge in [-0.05, 0) is 12.8 Å². The van der Waals surface area contributed by atoms with Crippen LogP contribution in [0.25, 0.3) is 0 Å². The Labute approximate surface area is 109 Å². The van der Waals surface area contributed by atoms with E-state index < -0.39 is 0 Å². The summed E-state index contributed by atoms with van der Waals surface area (Å²) in [6, 6.07) is 0. The lowest BCUT2D eigenvalue weighted by Gasteiger charge is -2.29. The minimum Gasteiger partial charge on any atom is -0.381 e. The number of fused-ring (bicyclic) bond motifs is 1. The molecule has 1 saturated heterocycles. The normalized spacial score (nSPS) is 22.3. The molecule has 0 aliphatic carbocycles. The second-order valence-corrected chi connectivity index (χ2v) is 4.95. The third kappa shape index (κ3) is 2.21. The van der Waals surface area contributed by atoms with Crippen molar-refractivity contribution < 1.29 is 9.53 Å². The third-order valence-corrected chi connectivity index (χ3v) is 3.68. The number of aromatic amines is 1. The number of hydrogen-bond acceptors (Lipinski definition) is 5. The van der Waals surface area contributed by atoms with Crippen LogP contribution in [0.4, 0.5) is 5.95 Å². The van der Waals surface area contributed by atoms with Crippen molar-refractivity contribution in [2.75, 3.05) is 25.5 Å². The fraction of sp³-hybridized carbons (Fsp3) is 0.583. The molecule has 1 fully saturated rings. The second-order valence-electron chi connectivity index (χ2n) is 4.95. The summed E-state index contributed by atoms with van der Waals surface area (Å²) in [5.74, 6) is 0.131. The molecule has 0 saturated carbocycles. The molecule has 19 heavy (non-hydrogen) atoms. The summed E-state index contributed by atoms with van der Waals surface area (Å²) in [6.07, 6.45) is 1.30. The molecule has 1 aromatic rings. The molecule has 2 aliphatic heterocycles. The van der Waals surface area contributed by atoms with Gasteiger partial charge in [-0.1, -0.05) is 0 Å². The summed E-state index contributed by atoms with van der Waals surface area (Å²) in [5, 5.41) is 0. The lowest BCUT2D eigenvalue weighted by molar-refractivity contribution is -0.136. The van der Waals surface area contributed by atoms with Crippen LogP contribution in [0.2, 0.25) is 0 Å². The molecule has 1 atom stereocenters. The largest absolute Gasteiger partial charge is 0.381 e. The van der Waals surface area contributed by atoms with Gasteiger partial charge in [0.2, 0.25) is 11.9 Å². The number of hydrogen-bond donors (Lipinski definition) is 2. The zero-order chi connectivity index (χ0) is 13.4. The SMILES string of the molecule is Nc1nc2c(c(=O)[nH]1)CCN(C(=O)[C@H]1CCOC1)C2. The highest BCUT2D eigenvalue weighted by Crippen LogP contribution is 2.20. The molecule has 3 N–H and O–H groups in total. The highest BCUT2D eigenvalue weighted by molar-refractivity contribution is 5.79. The van der Waals surface area contributed by atoms with Crippen molar-refractivity contribution in [3.63, 3.8) is 0 Å². The number of nitrogens with one attached hydrogen (secondary N) is 1. The molecule has 2 aliphatic rings. The lowest BCUT2D eigenvalue weighted by atomic mass is 10.0. The molecule has 7 heteroatoms. The summed E-state index contributed by atoms with van der Waals surface area (Å²) in [4.78, 5) is 32.4. The highest BCUT2D eigenvalue weighted by atomic mass is 16.5. The number of anilines is 1. The number of carbonyl (C=O) groups excluding carboxylic acids is 1. The standard InChI is InChI=1S/C12H16N4O3/c13-12-14-9-5-16(3-1-8(9)10(17)15-12)11(18)7-2-4-19-6-7/h7H,1-6H2,(H3,13,14,15,17)/t7-/m0/s1. The molecular weight excluding hydrogens is 248 g/mol. The average Bonchev–Trinajstić information content (AvgIpc) is 2.90. The molecule has 3 heterocycles. The third-order valence-electron chi connectivity index (χ3n) is 3.68. The van der Waals surface area contributed by atoms with Gasteiger partial charge in [0.05, 0.1) is 24.8 Å². The van der Waals surface area contributed by atoms with Crippen molar-refractivity contribution in [3.05, 3.63) is 21.6 Å². The smallest absolute Gasteiger partial charge is 0.255 e. The van der Waals surface area contributed by atoms with E-state index in [2.05, 4.69) is 9.97 Å². The van der Waals surface area contributed by atoms with Crippen LogP contribution in [-0.2, 0) is 22.5 Å². The van der Waals surface area contributed by atoms with Crippen molar-refractivity contribution in [1.82, 2.24) is 14.9 Å². The topological polar surface area (TPSA) is 101 Å². The Kier molecular flexibility index (Phi) is 2.98. The first-order chi connectivity index (χ1) is 9.15. The first-order valence-electron chi connectivity index (χ1n) is 6.39. The summed E-state index contributed by atoms with van der Waals surface area (Å²) >= 11 is 0. The number of aromatic nitrogens is 2. The molecular formula is C12H16N4O3. The van der Waals surface area contributed by atoms with Gasteiger partial charge in [-0.25, -0.2) is 4.98 Å². The average molecular weight is 264 g/mol. The first-order valence-corrected chi connectivity index (χ1v) is 6.39. The summed E-state index contributed by atoms with van der Waals surface area (Å²) in [7, 11) is 0. The van der Waals surface area contributed by atoms with Crippen LogP contribution < -0.4 is 11.3 Å². The predicted molar refractivity (Wildman–Crippen MR) is 67.3 cm³/mol. The second kappa shape index (κ2) is 4.65. The van der Waals surface area contributed by atoms with E-state index in [-0.39, 0.29) is 23.3 Å². The van der Waals surface area contributed by atoms with Gasteiger partial charge in [-0.2, -0.15) is 0 Å². The maximum absolute atomic E-state index is 12.3. The van der Waals surface area contributed by atoms with E-state index in [1.807, 2.05) is 0 Å². The van der Waals surface area contributed by atoms with Crippen LogP contribution in [0.15, 0.2) is 4.79 Å². The number of nitrogen functional groups attached to an aromatic ring is 1. The number of nitrogens with two attached hydrogens (primary N) is 1. The fourth-order valence-electron chi connectivity index (χ4n) is 2.63. The molecule has 0 aromatic carbocycles. The number of amides is 1. The maximum atomic E-state index is 12.3. The minimum absolute atomic E-state index is 0.0547. The number of ether oxygens (including phenoxy) is 1. The van der Waals surface area contributed by atoms with Gasteiger partial charge in [-0.3, -0.25) is 14.6 Å². The number of carbonyl (C=O) groups is 1. The van der Waals surface area contributed by atoms with E-state index in [1.54, 1.807) is 4.90 Å². The minimum atomic E-state index is -0.196. The Hall–Kier alpha value is -1.89. The van der Waals surface area contributed by atoms with Crippen molar-refractivity contribution >= 4 is 11.9 Å². The molecule has 0 radical (unpaired) electrons. The Balaban J connectivity index is 1.81. The van der Waals surface area contributed by atoms with Crippen LogP contribution in [0.5, 0.6) is 0 Å². The quantitative estimate of drug-likeness (QED) is 0.696. The zero-order valence-electron chi connectivity index (χ0n) is 10.5. The molecule has 1 amide bonds. The number of nitrogens with zero attached hydrogens (tertiary/aromatic N) is 2. The van der Waals surface area contributed by atoms with Gasteiger partial charge < -0.3 is 15.4 Å². The molecule has 7 nitrogen and oxygen atoms in total. The molecule has 102 valence electrons. The van der Waals surface area contributed by atoms with E-state index in [4.69, 9.17) is 10.5 Å². The molecule has 1 aromatic heterocycles. The van der Waals surface area contributed by atoms with Crippen molar-refractivity contribution in [3.8, 4) is 0 Å². The first kappa shape index (κ1) is 12.2. The van der Waals surface area contributed by atoms with E-state index in [0.717, 1.165) is 6.42 Å². The highest BCUT2D eigenvalue weighted by Gasteiger charge is 2.31. The van der Waals surface area contributed by atoms with Crippen LogP contribution >= 0.6 is 0 Å². The van der Waals surface area contributed by atoms with E-state index in [0.29, 0.717) is 44.0 Å². The Morgan fingerprint density at radius 3 is 3.11 bits per heavy atom. The Bertz CT molecular complexity index is 563.